The molecule has 1 aromatic heterocycles. The van der Waals surface area contributed by atoms with Gasteiger partial charge >= 0.3 is 76.9 Å². The van der Waals surface area contributed by atoms with Crippen LogP contribution in [-0.4, -0.2) is 20.9 Å². The Balaban J connectivity index is 2.15. The fourth-order valence-electron chi connectivity index (χ4n) is 0.668. The van der Waals surface area contributed by atoms with Crippen molar-refractivity contribution in [1.29, 1.82) is 0 Å². The van der Waals surface area contributed by atoms with Gasteiger partial charge in [0.05, 0.1) is 0 Å². The molecule has 0 saturated heterocycles. The molecule has 1 rings (SSSR count). The number of rotatable bonds is 4. The predicted octanol–water partition coefficient (Wildman–Crippen LogP) is 2.30. The van der Waals surface area contributed by atoms with E-state index in [1.54, 1.807) is 3.61 Å². The molecule has 10 heavy (non-hydrogen) atoms. The first kappa shape index (κ1) is 8.58. The first-order valence-corrected chi connectivity index (χ1v) is 7.34. The molecule has 0 fully saturated rings. The Morgan fingerprint density at radius 3 is 3.10 bits per heavy atom. The Labute approximate surface area is 76.7 Å². The molecule has 0 N–H and O–H groups in total. The maximum absolute atomic E-state index is 2.30. The van der Waals surface area contributed by atoms with Crippen LogP contribution in [0.15, 0.2) is 16.8 Å². The molecule has 0 aliphatic carbocycles. The number of unbranched alkanes of at least 4 members (excludes halogenated alkanes) is 1. The second kappa shape index (κ2) is 5.18. The van der Waals surface area contributed by atoms with Crippen molar-refractivity contribution >= 4 is 35.9 Å². The molecule has 0 unspecified atom stereocenters. The summed E-state index contributed by atoms with van der Waals surface area (Å²) < 4.78 is 3.13. The third-order valence-corrected chi connectivity index (χ3v) is 5.49. The molecule has 0 spiro atoms. The molecule has 0 nitrogen and oxygen atoms in total. The van der Waals surface area contributed by atoms with Gasteiger partial charge in [-0.3, -0.25) is 0 Å². The van der Waals surface area contributed by atoms with E-state index < -0.39 is 0 Å². The number of hydrogen-bond acceptors (Lipinski definition) is 1. The molecular formula is C8H12STe. The van der Waals surface area contributed by atoms with Crippen LogP contribution in [-0.2, 0) is 0 Å². The molecule has 0 bridgehead atoms. The van der Waals surface area contributed by atoms with Crippen LogP contribution in [0.2, 0.25) is 4.47 Å². The van der Waals surface area contributed by atoms with Gasteiger partial charge in [0, 0.05) is 0 Å². The fourth-order valence-corrected chi connectivity index (χ4v) is 4.96. The zero-order chi connectivity index (χ0) is 7.23. The van der Waals surface area contributed by atoms with Crippen LogP contribution in [0.25, 0.3) is 0 Å². The zero-order valence-corrected chi connectivity index (χ0v) is 9.32. The molecule has 1 aromatic rings. The van der Waals surface area contributed by atoms with Crippen LogP contribution >= 0.6 is 11.3 Å². The van der Waals surface area contributed by atoms with E-state index in [0.717, 1.165) is 0 Å². The molecule has 0 radical (unpaired) electrons. The molecule has 56 valence electrons. The van der Waals surface area contributed by atoms with Crippen molar-refractivity contribution < 1.29 is 0 Å². The van der Waals surface area contributed by atoms with Gasteiger partial charge in [0.15, 0.2) is 0 Å². The summed E-state index contributed by atoms with van der Waals surface area (Å²) >= 11 is 2.03. The average Bonchev–Trinajstić information content (AvgIpc) is 2.41. The Bertz CT molecular complexity index is 158. The van der Waals surface area contributed by atoms with Crippen LogP contribution in [0, 0.1) is 0 Å². The van der Waals surface area contributed by atoms with Gasteiger partial charge in [-0.25, -0.2) is 0 Å². The number of thiophene rings is 1. The van der Waals surface area contributed by atoms with Crippen LogP contribution in [0.4, 0.5) is 0 Å². The summed E-state index contributed by atoms with van der Waals surface area (Å²) in [5.74, 6) is 0. The van der Waals surface area contributed by atoms with Crippen molar-refractivity contribution in [3.05, 3.63) is 16.8 Å². The first-order chi connectivity index (χ1) is 4.93. The van der Waals surface area contributed by atoms with Crippen LogP contribution in [0.3, 0.4) is 0 Å². The van der Waals surface area contributed by atoms with Crippen LogP contribution in [0.5, 0.6) is 0 Å². The fraction of sp³-hybridized carbons (Fsp3) is 0.500. The van der Waals surface area contributed by atoms with Crippen molar-refractivity contribution in [2.24, 2.45) is 0 Å². The summed E-state index contributed by atoms with van der Waals surface area (Å²) in [6, 6.07) is 2.28. The van der Waals surface area contributed by atoms with Gasteiger partial charge in [0.1, 0.15) is 0 Å². The second-order valence-electron chi connectivity index (χ2n) is 2.16. The molecular weight excluding hydrogens is 256 g/mol. The standard InChI is InChI=1S/C8H12STe/c1-2-3-6-10-8-4-5-9-7-8/h4-5,7H,2-3,6H2,1H3. The zero-order valence-electron chi connectivity index (χ0n) is 6.17. The molecule has 0 atom stereocenters. The van der Waals surface area contributed by atoms with E-state index in [2.05, 4.69) is 23.8 Å². The molecule has 0 aliphatic rings. The van der Waals surface area contributed by atoms with E-state index >= 15 is 0 Å². The molecule has 2 heteroatoms. The topological polar surface area (TPSA) is 0 Å². The van der Waals surface area contributed by atoms with Gasteiger partial charge in [-0.1, -0.05) is 0 Å². The van der Waals surface area contributed by atoms with Gasteiger partial charge in [-0.15, -0.1) is 0 Å². The van der Waals surface area contributed by atoms with Gasteiger partial charge in [-0.2, -0.15) is 0 Å². The summed E-state index contributed by atoms with van der Waals surface area (Å²) in [7, 11) is 0. The van der Waals surface area contributed by atoms with Crippen LogP contribution < -0.4 is 3.61 Å². The molecule has 0 aliphatic heterocycles. The summed E-state index contributed by atoms with van der Waals surface area (Å²) in [4.78, 5) is 0. The molecule has 0 amide bonds. The molecule has 1 heterocycles. The van der Waals surface area contributed by atoms with Gasteiger partial charge in [0.2, 0.25) is 0 Å². The summed E-state index contributed by atoms with van der Waals surface area (Å²) in [5, 5.41) is 4.49. The van der Waals surface area contributed by atoms with E-state index in [0.29, 0.717) is 0 Å². The van der Waals surface area contributed by atoms with Crippen LogP contribution in [0.1, 0.15) is 19.8 Å². The second-order valence-corrected chi connectivity index (χ2v) is 6.28. The quantitative estimate of drug-likeness (QED) is 0.580. The molecule has 0 aromatic carbocycles. The SMILES string of the molecule is CCCC[Te]c1ccsc1. The maximum atomic E-state index is 2.30. The monoisotopic (exact) mass is 270 g/mol. The van der Waals surface area contributed by atoms with Gasteiger partial charge < -0.3 is 0 Å². The van der Waals surface area contributed by atoms with E-state index in [1.807, 2.05) is 11.3 Å². The predicted molar refractivity (Wildman–Crippen MR) is 49.4 cm³/mol. The Morgan fingerprint density at radius 1 is 1.60 bits per heavy atom. The Kier molecular flexibility index (Phi) is 4.45. The van der Waals surface area contributed by atoms with E-state index in [-0.39, 0.29) is 20.9 Å². The van der Waals surface area contributed by atoms with Crippen molar-refractivity contribution in [2.75, 3.05) is 0 Å². The first-order valence-electron chi connectivity index (χ1n) is 3.58. The van der Waals surface area contributed by atoms with Crippen molar-refractivity contribution in [3.8, 4) is 0 Å². The third kappa shape index (κ3) is 3.05. The average molecular weight is 268 g/mol. The van der Waals surface area contributed by atoms with Crippen molar-refractivity contribution in [1.82, 2.24) is 0 Å². The third-order valence-electron chi connectivity index (χ3n) is 1.26. The number of hydrogen-bond donors (Lipinski definition) is 0. The van der Waals surface area contributed by atoms with E-state index in [1.165, 1.54) is 17.3 Å². The van der Waals surface area contributed by atoms with Gasteiger partial charge in [-0.05, 0) is 0 Å². The summed E-state index contributed by atoms with van der Waals surface area (Å²) in [6.07, 6.45) is 2.78. The Hall–Kier alpha value is 0.490. The normalized spacial score (nSPS) is 10.1. The minimum absolute atomic E-state index is 0.204. The summed E-state index contributed by atoms with van der Waals surface area (Å²) in [6.45, 7) is 2.26. The van der Waals surface area contributed by atoms with Crippen molar-refractivity contribution in [3.63, 3.8) is 0 Å². The van der Waals surface area contributed by atoms with E-state index in [9.17, 15) is 0 Å². The Morgan fingerprint density at radius 2 is 2.50 bits per heavy atom. The summed E-state index contributed by atoms with van der Waals surface area (Å²) in [5.41, 5.74) is 0. The van der Waals surface area contributed by atoms with E-state index in [4.69, 9.17) is 0 Å². The van der Waals surface area contributed by atoms with Gasteiger partial charge in [0.25, 0.3) is 0 Å². The van der Waals surface area contributed by atoms with Crippen molar-refractivity contribution in [2.45, 2.75) is 24.2 Å². The molecule has 0 saturated carbocycles. The minimum atomic E-state index is 0.204.